The van der Waals surface area contributed by atoms with E-state index in [1.165, 1.54) is 11.4 Å². The van der Waals surface area contributed by atoms with Crippen molar-refractivity contribution in [1.29, 1.82) is 0 Å². The van der Waals surface area contributed by atoms with Gasteiger partial charge in [0.2, 0.25) is 10.0 Å². The lowest BCUT2D eigenvalue weighted by atomic mass is 10.1. The number of nitrogens with zero attached hydrogens (tertiary/aromatic N) is 1. The Morgan fingerprint density at radius 1 is 1.38 bits per heavy atom. The molecule has 0 saturated carbocycles. The van der Waals surface area contributed by atoms with Crippen molar-refractivity contribution in [3.63, 3.8) is 0 Å². The van der Waals surface area contributed by atoms with Gasteiger partial charge >= 0.3 is 0 Å². The van der Waals surface area contributed by atoms with Crippen molar-refractivity contribution in [2.45, 2.75) is 38.5 Å². The minimum atomic E-state index is -3.24. The summed E-state index contributed by atoms with van der Waals surface area (Å²) < 4.78 is 24.2. The van der Waals surface area contributed by atoms with E-state index in [4.69, 9.17) is 0 Å². The van der Waals surface area contributed by atoms with E-state index in [1.807, 2.05) is 0 Å². The van der Waals surface area contributed by atoms with Crippen LogP contribution < -0.4 is 0 Å². The highest BCUT2D eigenvalue weighted by Crippen LogP contribution is 2.11. The monoisotopic (exact) mass is 209 g/mol. The molecule has 1 N–H and O–H groups in total. The smallest absolute Gasteiger partial charge is 0.216 e. The van der Waals surface area contributed by atoms with Crippen LogP contribution in [0.1, 0.15) is 27.7 Å². The molecule has 0 atom stereocenters. The lowest BCUT2D eigenvalue weighted by molar-refractivity contribution is 0.0638. The van der Waals surface area contributed by atoms with Crippen LogP contribution in [0.25, 0.3) is 0 Å². The van der Waals surface area contributed by atoms with E-state index in [-0.39, 0.29) is 6.54 Å². The maximum atomic E-state index is 11.5. The van der Waals surface area contributed by atoms with Crippen molar-refractivity contribution < 1.29 is 13.5 Å². The van der Waals surface area contributed by atoms with Crippen molar-refractivity contribution >= 4 is 10.0 Å². The summed E-state index contributed by atoms with van der Waals surface area (Å²) in [6.07, 6.45) is 0. The Balaban J connectivity index is 4.54. The summed E-state index contributed by atoms with van der Waals surface area (Å²) in [5, 5.41) is 8.98. The molecule has 13 heavy (non-hydrogen) atoms. The van der Waals surface area contributed by atoms with Gasteiger partial charge in [0.15, 0.2) is 0 Å². The van der Waals surface area contributed by atoms with Crippen LogP contribution in [0.3, 0.4) is 0 Å². The van der Waals surface area contributed by atoms with Crippen LogP contribution in [0.2, 0.25) is 0 Å². The Kier molecular flexibility index (Phi) is 3.90. The summed E-state index contributed by atoms with van der Waals surface area (Å²) in [6, 6.07) is 0. The van der Waals surface area contributed by atoms with Crippen molar-refractivity contribution in [1.82, 2.24) is 4.31 Å². The molecule has 0 rings (SSSR count). The van der Waals surface area contributed by atoms with Gasteiger partial charge < -0.3 is 5.11 Å². The Hall–Kier alpha value is -0.130. The first-order valence-corrected chi connectivity index (χ1v) is 5.75. The SMILES string of the molecule is CC(C)S(=O)(=O)N(C)CC(C)(C)O. The summed E-state index contributed by atoms with van der Waals surface area (Å²) >= 11 is 0. The van der Waals surface area contributed by atoms with E-state index < -0.39 is 20.9 Å². The Bertz CT molecular complexity index is 251. The quantitative estimate of drug-likeness (QED) is 0.730. The normalized spacial score (nSPS) is 14.2. The molecule has 0 aromatic carbocycles. The van der Waals surface area contributed by atoms with Gasteiger partial charge in [-0.25, -0.2) is 12.7 Å². The third-order valence-corrected chi connectivity index (χ3v) is 3.83. The molecular formula is C8H19NO3S. The molecule has 0 aromatic rings. The van der Waals surface area contributed by atoms with Crippen molar-refractivity contribution in [2.24, 2.45) is 0 Å². The number of hydrogen-bond acceptors (Lipinski definition) is 3. The lowest BCUT2D eigenvalue weighted by Crippen LogP contribution is -2.42. The highest BCUT2D eigenvalue weighted by atomic mass is 32.2. The minimum absolute atomic E-state index is 0.119. The molecule has 4 nitrogen and oxygen atoms in total. The number of hydrogen-bond donors (Lipinski definition) is 1. The van der Waals surface area contributed by atoms with E-state index in [0.717, 1.165) is 0 Å². The summed E-state index contributed by atoms with van der Waals surface area (Å²) in [6.45, 7) is 6.53. The average Bonchev–Trinajstić information content (AvgIpc) is 1.82. The maximum Gasteiger partial charge on any atom is 0.216 e. The fourth-order valence-corrected chi connectivity index (χ4v) is 2.21. The van der Waals surface area contributed by atoms with Gasteiger partial charge in [0.25, 0.3) is 0 Å². The molecule has 0 aromatic heterocycles. The largest absolute Gasteiger partial charge is 0.389 e. The Morgan fingerprint density at radius 2 is 1.77 bits per heavy atom. The number of aliphatic hydroxyl groups is 1. The third kappa shape index (κ3) is 4.06. The molecule has 0 spiro atoms. The Labute approximate surface area is 80.6 Å². The van der Waals surface area contributed by atoms with Gasteiger partial charge in [-0.3, -0.25) is 0 Å². The van der Waals surface area contributed by atoms with Crippen LogP contribution in [-0.4, -0.2) is 42.3 Å². The van der Waals surface area contributed by atoms with E-state index in [1.54, 1.807) is 27.7 Å². The first-order chi connectivity index (χ1) is 5.57. The number of likely N-dealkylation sites (N-methyl/N-ethyl adjacent to an activating group) is 1. The Morgan fingerprint density at radius 3 is 2.00 bits per heavy atom. The predicted octanol–water partition coefficient (Wildman–Crippen LogP) is 0.427. The maximum absolute atomic E-state index is 11.5. The van der Waals surface area contributed by atoms with Crippen molar-refractivity contribution in [3.05, 3.63) is 0 Å². The van der Waals surface area contributed by atoms with Crippen LogP contribution in [0.5, 0.6) is 0 Å². The van der Waals surface area contributed by atoms with Crippen LogP contribution in [0.4, 0.5) is 0 Å². The average molecular weight is 209 g/mol. The van der Waals surface area contributed by atoms with Crippen LogP contribution in [0, 0.1) is 0 Å². The molecule has 0 saturated heterocycles. The van der Waals surface area contributed by atoms with Gasteiger partial charge in [0.05, 0.1) is 10.9 Å². The van der Waals surface area contributed by atoms with E-state index >= 15 is 0 Å². The summed E-state index contributed by atoms with van der Waals surface area (Å²) in [4.78, 5) is 0. The number of rotatable bonds is 4. The molecular weight excluding hydrogens is 190 g/mol. The minimum Gasteiger partial charge on any atom is -0.389 e. The molecule has 0 heterocycles. The fourth-order valence-electron chi connectivity index (χ4n) is 0.995. The molecule has 0 amide bonds. The first-order valence-electron chi connectivity index (χ1n) is 4.25. The zero-order valence-electron chi connectivity index (χ0n) is 8.90. The molecule has 0 aliphatic rings. The molecule has 80 valence electrons. The van der Waals surface area contributed by atoms with Gasteiger partial charge in [-0.1, -0.05) is 0 Å². The second-order valence-corrected chi connectivity index (χ2v) is 6.76. The molecule has 5 heteroatoms. The van der Waals surface area contributed by atoms with Crippen molar-refractivity contribution in [3.8, 4) is 0 Å². The molecule has 0 aliphatic carbocycles. The van der Waals surface area contributed by atoms with Gasteiger partial charge in [-0.2, -0.15) is 0 Å². The topological polar surface area (TPSA) is 57.6 Å². The van der Waals surface area contributed by atoms with Crippen LogP contribution in [0.15, 0.2) is 0 Å². The summed E-state index contributed by atoms with van der Waals surface area (Å²) in [5.74, 6) is 0. The summed E-state index contributed by atoms with van der Waals surface area (Å²) in [5.41, 5.74) is -0.989. The second kappa shape index (κ2) is 3.94. The van der Waals surface area contributed by atoms with Crippen molar-refractivity contribution in [2.75, 3.05) is 13.6 Å². The highest BCUT2D eigenvalue weighted by Gasteiger charge is 2.26. The third-order valence-electron chi connectivity index (χ3n) is 1.64. The highest BCUT2D eigenvalue weighted by molar-refractivity contribution is 7.89. The molecule has 0 bridgehead atoms. The van der Waals surface area contributed by atoms with E-state index in [0.29, 0.717) is 0 Å². The van der Waals surface area contributed by atoms with Gasteiger partial charge in [0.1, 0.15) is 0 Å². The first kappa shape index (κ1) is 12.9. The van der Waals surface area contributed by atoms with Gasteiger partial charge in [-0.15, -0.1) is 0 Å². The molecule has 0 fully saturated rings. The zero-order valence-corrected chi connectivity index (χ0v) is 9.72. The fraction of sp³-hybridized carbons (Fsp3) is 1.00. The molecule has 0 unspecified atom stereocenters. The predicted molar refractivity (Wildman–Crippen MR) is 53.0 cm³/mol. The van der Waals surface area contributed by atoms with Crippen LogP contribution >= 0.6 is 0 Å². The molecule has 0 radical (unpaired) electrons. The second-order valence-electron chi connectivity index (χ2n) is 4.16. The van der Waals surface area contributed by atoms with Crippen LogP contribution in [-0.2, 0) is 10.0 Å². The van der Waals surface area contributed by atoms with E-state index in [2.05, 4.69) is 0 Å². The lowest BCUT2D eigenvalue weighted by Gasteiger charge is -2.26. The zero-order chi connectivity index (χ0) is 10.9. The summed E-state index contributed by atoms with van der Waals surface area (Å²) in [7, 11) is -1.76. The number of sulfonamides is 1. The van der Waals surface area contributed by atoms with Gasteiger partial charge in [-0.05, 0) is 27.7 Å². The van der Waals surface area contributed by atoms with Gasteiger partial charge in [0, 0.05) is 13.6 Å². The molecule has 0 aliphatic heterocycles. The van der Waals surface area contributed by atoms with E-state index in [9.17, 15) is 13.5 Å². The standard InChI is InChI=1S/C8H19NO3S/c1-7(2)13(11,12)9(5)6-8(3,4)10/h7,10H,6H2,1-5H3.